The molecule has 5 fully saturated rings. The summed E-state index contributed by atoms with van der Waals surface area (Å²) in [5, 5.41) is 61.7. The third-order valence-electron chi connectivity index (χ3n) is 9.31. The zero-order valence-corrected chi connectivity index (χ0v) is 22.9. The Balaban J connectivity index is 1.37. The standard InChI is InChI=1S/C27H44O13/c1-3-12-5-4-6-15(22(12)40-26-21(32)20(31)18(29)11(2)36-26)38-27-24-23(19(30)17(9-28)39-27)37-16(25(33)34)8-13-7-14(13)10-35-24/h11-24,26-32H,3-10H2,1-2H3,(H,33,34)/t11?,12?,13?,14?,15-,16-,17?,18-,19+,20?,21+,22?,23?,24?,26+,27-/m1/s1. The lowest BCUT2D eigenvalue weighted by Gasteiger charge is -2.48. The van der Waals surface area contributed by atoms with E-state index in [2.05, 4.69) is 0 Å². The van der Waals surface area contributed by atoms with Crippen LogP contribution in [-0.2, 0) is 33.2 Å². The summed E-state index contributed by atoms with van der Waals surface area (Å²) in [4.78, 5) is 12.0. The highest BCUT2D eigenvalue weighted by Crippen LogP contribution is 2.45. The molecule has 3 aliphatic heterocycles. The molecule has 0 radical (unpaired) electrons. The van der Waals surface area contributed by atoms with Crippen molar-refractivity contribution in [2.75, 3.05) is 13.2 Å². The maximum absolute atomic E-state index is 12.0. The first-order chi connectivity index (χ1) is 19.1. The van der Waals surface area contributed by atoms with Gasteiger partial charge in [0.25, 0.3) is 0 Å². The zero-order chi connectivity index (χ0) is 28.7. The number of aliphatic hydroxyl groups excluding tert-OH is 5. The van der Waals surface area contributed by atoms with Gasteiger partial charge in [-0.05, 0) is 50.4 Å². The van der Waals surface area contributed by atoms with Crippen LogP contribution in [0.4, 0.5) is 0 Å². The van der Waals surface area contributed by atoms with Crippen molar-refractivity contribution < 1.29 is 63.9 Å². The first-order valence-corrected chi connectivity index (χ1v) is 14.6. The molecule has 9 unspecified atom stereocenters. The molecule has 0 bridgehead atoms. The van der Waals surface area contributed by atoms with E-state index in [1.165, 1.54) is 0 Å². The predicted octanol–water partition coefficient (Wildman–Crippen LogP) is -0.864. The molecule has 2 aliphatic carbocycles. The molecule has 5 rings (SSSR count). The highest BCUT2D eigenvalue weighted by atomic mass is 16.7. The van der Waals surface area contributed by atoms with Gasteiger partial charge in [0.2, 0.25) is 0 Å². The van der Waals surface area contributed by atoms with E-state index < -0.39 is 92.3 Å². The molecule has 16 atom stereocenters. The summed E-state index contributed by atoms with van der Waals surface area (Å²) in [7, 11) is 0. The highest BCUT2D eigenvalue weighted by Gasteiger charge is 2.54. The molecule has 230 valence electrons. The summed E-state index contributed by atoms with van der Waals surface area (Å²) >= 11 is 0. The van der Waals surface area contributed by atoms with E-state index in [-0.39, 0.29) is 17.8 Å². The molecule has 0 aromatic rings. The minimum atomic E-state index is -1.47. The average molecular weight is 577 g/mol. The topological polar surface area (TPSA) is 194 Å². The first kappa shape index (κ1) is 30.5. The Kier molecular flexibility index (Phi) is 9.69. The lowest BCUT2D eigenvalue weighted by Crippen LogP contribution is -2.63. The van der Waals surface area contributed by atoms with Crippen LogP contribution in [-0.4, -0.2) is 130 Å². The van der Waals surface area contributed by atoms with Gasteiger partial charge in [-0.25, -0.2) is 4.79 Å². The fraction of sp³-hybridized carbons (Fsp3) is 0.963. The number of aliphatic carboxylic acids is 1. The van der Waals surface area contributed by atoms with E-state index in [1.54, 1.807) is 6.92 Å². The van der Waals surface area contributed by atoms with Gasteiger partial charge in [-0.2, -0.15) is 0 Å². The molecule has 40 heavy (non-hydrogen) atoms. The van der Waals surface area contributed by atoms with Crippen molar-refractivity contribution in [2.24, 2.45) is 17.8 Å². The van der Waals surface area contributed by atoms with Gasteiger partial charge < -0.3 is 59.1 Å². The maximum Gasteiger partial charge on any atom is 0.332 e. The van der Waals surface area contributed by atoms with Gasteiger partial charge in [-0.1, -0.05) is 19.8 Å². The molecule has 3 heterocycles. The summed E-state index contributed by atoms with van der Waals surface area (Å²) in [5.41, 5.74) is 0. The van der Waals surface area contributed by atoms with Crippen LogP contribution in [0.15, 0.2) is 0 Å². The van der Waals surface area contributed by atoms with E-state index in [1.807, 2.05) is 6.92 Å². The second-order valence-electron chi connectivity index (χ2n) is 12.0. The van der Waals surface area contributed by atoms with Crippen molar-refractivity contribution in [1.29, 1.82) is 0 Å². The normalized spacial score (nSPS) is 51.5. The monoisotopic (exact) mass is 576 g/mol. The quantitative estimate of drug-likeness (QED) is 0.219. The van der Waals surface area contributed by atoms with Gasteiger partial charge in [-0.3, -0.25) is 0 Å². The molecule has 3 saturated heterocycles. The van der Waals surface area contributed by atoms with E-state index >= 15 is 0 Å². The Bertz CT molecular complexity index is 860. The number of hydrogen-bond acceptors (Lipinski definition) is 12. The van der Waals surface area contributed by atoms with Crippen molar-refractivity contribution in [3.8, 4) is 0 Å². The van der Waals surface area contributed by atoms with Crippen LogP contribution in [0.1, 0.15) is 52.4 Å². The molecule has 5 aliphatic rings. The van der Waals surface area contributed by atoms with Crippen LogP contribution in [0.25, 0.3) is 0 Å². The highest BCUT2D eigenvalue weighted by molar-refractivity contribution is 5.72. The number of aliphatic hydroxyl groups is 5. The second kappa shape index (κ2) is 12.7. The van der Waals surface area contributed by atoms with Gasteiger partial charge in [0.1, 0.15) is 42.7 Å². The molecule has 0 aromatic heterocycles. The van der Waals surface area contributed by atoms with E-state index in [0.717, 1.165) is 25.7 Å². The van der Waals surface area contributed by atoms with Crippen molar-refractivity contribution in [1.82, 2.24) is 0 Å². The molecule has 13 heteroatoms. The lowest BCUT2D eigenvalue weighted by molar-refractivity contribution is -0.353. The Hall–Kier alpha value is -0.970. The second-order valence-corrected chi connectivity index (χ2v) is 12.0. The molecule has 0 amide bonds. The summed E-state index contributed by atoms with van der Waals surface area (Å²) in [5.74, 6) is -0.760. The third kappa shape index (κ3) is 6.20. The number of hydrogen-bond donors (Lipinski definition) is 6. The molecule has 0 spiro atoms. The number of carboxylic acid groups (broad SMARTS) is 1. The third-order valence-corrected chi connectivity index (χ3v) is 9.31. The maximum atomic E-state index is 12.0. The predicted molar refractivity (Wildman–Crippen MR) is 134 cm³/mol. The zero-order valence-electron chi connectivity index (χ0n) is 22.9. The van der Waals surface area contributed by atoms with Crippen LogP contribution in [0, 0.1) is 17.8 Å². The fourth-order valence-corrected chi connectivity index (χ4v) is 6.65. The summed E-state index contributed by atoms with van der Waals surface area (Å²) < 4.78 is 36.6. The summed E-state index contributed by atoms with van der Waals surface area (Å²) in [6.45, 7) is 3.39. The lowest BCUT2D eigenvalue weighted by atomic mass is 9.82. The van der Waals surface area contributed by atoms with Crippen LogP contribution in [0.5, 0.6) is 0 Å². The number of carbonyl (C=O) groups is 1. The summed E-state index contributed by atoms with van der Waals surface area (Å²) in [6, 6.07) is 0. The van der Waals surface area contributed by atoms with Crippen molar-refractivity contribution in [2.45, 2.75) is 132 Å². The molecule has 13 nitrogen and oxygen atoms in total. The van der Waals surface area contributed by atoms with Gasteiger partial charge in [-0.15, -0.1) is 0 Å². The number of rotatable bonds is 7. The molecule has 2 saturated carbocycles. The number of ether oxygens (including phenoxy) is 6. The van der Waals surface area contributed by atoms with Gasteiger partial charge >= 0.3 is 5.97 Å². The van der Waals surface area contributed by atoms with E-state index in [9.17, 15) is 35.4 Å². The average Bonchev–Trinajstić information content (AvgIpc) is 3.67. The van der Waals surface area contributed by atoms with E-state index in [0.29, 0.717) is 19.4 Å². The number of carboxylic acids is 1. The smallest absolute Gasteiger partial charge is 0.332 e. The van der Waals surface area contributed by atoms with E-state index in [4.69, 9.17) is 28.4 Å². The Morgan fingerprint density at radius 2 is 1.65 bits per heavy atom. The Labute approximate surface area is 233 Å². The molecule has 0 aromatic carbocycles. The van der Waals surface area contributed by atoms with Crippen LogP contribution < -0.4 is 0 Å². The largest absolute Gasteiger partial charge is 0.479 e. The van der Waals surface area contributed by atoms with Gasteiger partial charge in [0.15, 0.2) is 18.7 Å². The number of fused-ring (bicyclic) bond motifs is 2. The van der Waals surface area contributed by atoms with Crippen molar-refractivity contribution >= 4 is 5.97 Å². The fourth-order valence-electron chi connectivity index (χ4n) is 6.65. The SMILES string of the molecule is CCC1CCC[C@@H](O[C@@H]2OC(CO)[C@H](O)C3O[C@@H](C(=O)O)CC4CC4COC32)C1O[C@@H]1OC(C)[C@@H](O)C(O)[C@@H]1O. The van der Waals surface area contributed by atoms with Crippen LogP contribution >= 0.6 is 0 Å². The minimum absolute atomic E-state index is 0.0220. The van der Waals surface area contributed by atoms with Gasteiger partial charge in [0, 0.05) is 0 Å². The van der Waals surface area contributed by atoms with Crippen LogP contribution in [0.3, 0.4) is 0 Å². The Morgan fingerprint density at radius 1 is 0.875 bits per heavy atom. The summed E-state index contributed by atoms with van der Waals surface area (Å²) in [6.07, 6.45) is -9.92. The molecular formula is C27H44O13. The van der Waals surface area contributed by atoms with Crippen LogP contribution in [0.2, 0.25) is 0 Å². The molecule has 6 N–H and O–H groups in total. The first-order valence-electron chi connectivity index (χ1n) is 14.6. The van der Waals surface area contributed by atoms with Gasteiger partial charge in [0.05, 0.1) is 31.5 Å². The van der Waals surface area contributed by atoms with Crippen molar-refractivity contribution in [3.05, 3.63) is 0 Å². The van der Waals surface area contributed by atoms with Crippen molar-refractivity contribution in [3.63, 3.8) is 0 Å². The minimum Gasteiger partial charge on any atom is -0.479 e. The Morgan fingerprint density at radius 3 is 2.35 bits per heavy atom. The molecular weight excluding hydrogens is 532 g/mol.